The maximum atomic E-state index is 12.8. The first-order valence-corrected chi connectivity index (χ1v) is 10.2. The van der Waals surface area contributed by atoms with Crippen molar-refractivity contribution in [3.8, 4) is 22.6 Å². The van der Waals surface area contributed by atoms with Crippen molar-refractivity contribution in [1.29, 1.82) is 0 Å². The SMILES string of the molecule is O=C(NCc1ccc(Cl)cc1)c1cncn1-c1cccc(-c2cccc(OC(F)(F)F)c2)c1. The Balaban J connectivity index is 1.55. The van der Waals surface area contributed by atoms with Gasteiger partial charge in [0.05, 0.1) is 12.5 Å². The summed E-state index contributed by atoms with van der Waals surface area (Å²) in [5.41, 5.74) is 3.02. The molecule has 0 saturated heterocycles. The fraction of sp³-hybridized carbons (Fsp3) is 0.0833. The topological polar surface area (TPSA) is 56.2 Å². The smallest absolute Gasteiger partial charge is 0.406 e. The number of halogens is 4. The highest BCUT2D eigenvalue weighted by molar-refractivity contribution is 6.30. The molecule has 1 amide bonds. The number of hydrogen-bond donors (Lipinski definition) is 1. The molecule has 5 nitrogen and oxygen atoms in total. The van der Waals surface area contributed by atoms with E-state index in [4.69, 9.17) is 11.6 Å². The second-order valence-electron chi connectivity index (χ2n) is 7.08. The van der Waals surface area contributed by atoms with Crippen LogP contribution in [0.5, 0.6) is 5.75 Å². The Morgan fingerprint density at radius 1 is 1.00 bits per heavy atom. The van der Waals surface area contributed by atoms with Gasteiger partial charge in [-0.15, -0.1) is 13.2 Å². The lowest BCUT2D eigenvalue weighted by Gasteiger charge is -2.12. The van der Waals surface area contributed by atoms with Crippen LogP contribution in [0.15, 0.2) is 85.3 Å². The summed E-state index contributed by atoms with van der Waals surface area (Å²) >= 11 is 5.88. The second kappa shape index (κ2) is 9.38. The Morgan fingerprint density at radius 3 is 2.42 bits per heavy atom. The molecule has 0 atom stereocenters. The van der Waals surface area contributed by atoms with Gasteiger partial charge >= 0.3 is 6.36 Å². The maximum absolute atomic E-state index is 12.8. The Hall–Kier alpha value is -3.78. The summed E-state index contributed by atoms with van der Waals surface area (Å²) in [5.74, 6) is -0.635. The molecule has 0 spiro atoms. The molecule has 1 N–H and O–H groups in total. The van der Waals surface area contributed by atoms with E-state index in [1.165, 1.54) is 30.7 Å². The average molecular weight is 472 g/mol. The molecule has 1 aromatic heterocycles. The van der Waals surface area contributed by atoms with Crippen molar-refractivity contribution in [2.24, 2.45) is 0 Å². The molecule has 0 unspecified atom stereocenters. The van der Waals surface area contributed by atoms with Gasteiger partial charge in [0.25, 0.3) is 5.91 Å². The number of nitrogens with zero attached hydrogens (tertiary/aromatic N) is 2. The normalized spacial score (nSPS) is 11.3. The van der Waals surface area contributed by atoms with Gasteiger partial charge in [0.2, 0.25) is 0 Å². The fourth-order valence-electron chi connectivity index (χ4n) is 3.25. The third-order valence-electron chi connectivity index (χ3n) is 4.76. The lowest BCUT2D eigenvalue weighted by atomic mass is 10.0. The minimum atomic E-state index is -4.77. The molecule has 0 radical (unpaired) electrons. The van der Waals surface area contributed by atoms with Crippen LogP contribution in [-0.2, 0) is 6.54 Å². The number of carbonyl (C=O) groups excluding carboxylic acids is 1. The summed E-state index contributed by atoms with van der Waals surface area (Å²) in [4.78, 5) is 16.8. The Morgan fingerprint density at radius 2 is 1.70 bits per heavy atom. The Labute approximate surface area is 192 Å². The number of benzene rings is 3. The van der Waals surface area contributed by atoms with Crippen LogP contribution >= 0.6 is 11.6 Å². The van der Waals surface area contributed by atoms with E-state index in [0.717, 1.165) is 5.56 Å². The van der Waals surface area contributed by atoms with Crippen LogP contribution in [0, 0.1) is 0 Å². The quantitative estimate of drug-likeness (QED) is 0.374. The molecule has 168 valence electrons. The first-order valence-electron chi connectivity index (χ1n) is 9.80. The summed E-state index contributed by atoms with van der Waals surface area (Å²) < 4.78 is 43.3. The van der Waals surface area contributed by atoms with Crippen molar-refractivity contribution in [1.82, 2.24) is 14.9 Å². The number of alkyl halides is 3. The number of ether oxygens (including phenoxy) is 1. The minimum Gasteiger partial charge on any atom is -0.406 e. The molecule has 3 aromatic carbocycles. The van der Waals surface area contributed by atoms with Crippen LogP contribution in [0.3, 0.4) is 0 Å². The van der Waals surface area contributed by atoms with Gasteiger partial charge in [-0.05, 0) is 53.1 Å². The molecule has 4 aromatic rings. The lowest BCUT2D eigenvalue weighted by Crippen LogP contribution is -2.25. The molecule has 0 aliphatic carbocycles. The number of nitrogens with one attached hydrogen (secondary N) is 1. The molecule has 1 heterocycles. The highest BCUT2D eigenvalue weighted by Gasteiger charge is 2.31. The average Bonchev–Trinajstić information content (AvgIpc) is 3.28. The molecule has 9 heteroatoms. The monoisotopic (exact) mass is 471 g/mol. The van der Waals surface area contributed by atoms with Gasteiger partial charge in [0.15, 0.2) is 0 Å². The summed E-state index contributed by atoms with van der Waals surface area (Å²) in [5, 5.41) is 3.45. The van der Waals surface area contributed by atoms with Crippen LogP contribution in [0.4, 0.5) is 13.2 Å². The second-order valence-corrected chi connectivity index (χ2v) is 7.52. The van der Waals surface area contributed by atoms with E-state index >= 15 is 0 Å². The highest BCUT2D eigenvalue weighted by atomic mass is 35.5. The molecule has 4 rings (SSSR count). The van der Waals surface area contributed by atoms with Crippen LogP contribution in [0.25, 0.3) is 16.8 Å². The van der Waals surface area contributed by atoms with Crippen molar-refractivity contribution >= 4 is 17.5 Å². The van der Waals surface area contributed by atoms with Gasteiger partial charge in [0, 0.05) is 17.3 Å². The first kappa shape index (κ1) is 22.4. The van der Waals surface area contributed by atoms with Crippen LogP contribution < -0.4 is 10.1 Å². The standard InChI is InChI=1S/C24H17ClF3N3O2/c25-19-9-7-16(8-10-19)13-30-23(32)22-14-29-15-31(22)20-5-1-3-17(11-20)18-4-2-6-21(12-18)33-24(26,27)28/h1-12,14-15H,13H2,(H,30,32). The van der Waals surface area contributed by atoms with Crippen molar-refractivity contribution in [2.75, 3.05) is 0 Å². The zero-order valence-electron chi connectivity index (χ0n) is 17.0. The third kappa shape index (κ3) is 5.72. The minimum absolute atomic E-state index is 0.310. The fourth-order valence-corrected chi connectivity index (χ4v) is 3.38. The molecule has 0 fully saturated rings. The van der Waals surface area contributed by atoms with Crippen LogP contribution in [0.1, 0.15) is 16.1 Å². The van der Waals surface area contributed by atoms with Gasteiger partial charge in [-0.25, -0.2) is 4.98 Å². The van der Waals surface area contributed by atoms with E-state index in [0.29, 0.717) is 34.1 Å². The van der Waals surface area contributed by atoms with Crippen LogP contribution in [-0.4, -0.2) is 21.8 Å². The summed E-state index contributed by atoms with van der Waals surface area (Å²) in [6.45, 7) is 0.313. The zero-order chi connectivity index (χ0) is 23.4. The number of rotatable bonds is 6. The van der Waals surface area contributed by atoms with Gasteiger partial charge in [-0.1, -0.05) is 48.0 Å². The number of aromatic nitrogens is 2. The highest BCUT2D eigenvalue weighted by Crippen LogP contribution is 2.29. The molecular weight excluding hydrogens is 455 g/mol. The third-order valence-corrected chi connectivity index (χ3v) is 5.01. The molecule has 0 aliphatic rings. The van der Waals surface area contributed by atoms with Crippen molar-refractivity contribution < 1.29 is 22.7 Å². The first-order chi connectivity index (χ1) is 15.8. The van der Waals surface area contributed by atoms with Crippen LogP contribution in [0.2, 0.25) is 5.02 Å². The lowest BCUT2D eigenvalue weighted by molar-refractivity contribution is -0.274. The van der Waals surface area contributed by atoms with E-state index < -0.39 is 6.36 Å². The number of hydrogen-bond acceptors (Lipinski definition) is 3. The van der Waals surface area contributed by atoms with Crippen molar-refractivity contribution in [2.45, 2.75) is 12.9 Å². The number of carbonyl (C=O) groups is 1. The molecule has 0 saturated carbocycles. The molecule has 33 heavy (non-hydrogen) atoms. The van der Waals surface area contributed by atoms with E-state index in [2.05, 4.69) is 15.0 Å². The number of imidazole rings is 1. The van der Waals surface area contributed by atoms with Crippen molar-refractivity contribution in [3.63, 3.8) is 0 Å². The van der Waals surface area contributed by atoms with Gasteiger partial charge in [-0.3, -0.25) is 9.36 Å². The molecule has 0 bridgehead atoms. The predicted molar refractivity (Wildman–Crippen MR) is 118 cm³/mol. The van der Waals surface area contributed by atoms with E-state index in [9.17, 15) is 18.0 Å². The zero-order valence-corrected chi connectivity index (χ0v) is 17.8. The van der Waals surface area contributed by atoms with Gasteiger partial charge < -0.3 is 10.1 Å². The van der Waals surface area contributed by atoms with E-state index in [-0.39, 0.29) is 11.7 Å². The molecule has 0 aliphatic heterocycles. The Kier molecular flexibility index (Phi) is 6.37. The van der Waals surface area contributed by atoms with Crippen molar-refractivity contribution in [3.05, 3.63) is 102 Å². The Bertz CT molecular complexity index is 1270. The summed E-state index contributed by atoms with van der Waals surface area (Å²) in [7, 11) is 0. The van der Waals surface area contributed by atoms with Gasteiger partial charge in [0.1, 0.15) is 11.4 Å². The number of amides is 1. The summed E-state index contributed by atoms with van der Waals surface area (Å²) in [6.07, 6.45) is -1.83. The maximum Gasteiger partial charge on any atom is 0.573 e. The van der Waals surface area contributed by atoms with E-state index in [1.54, 1.807) is 47.0 Å². The molecular formula is C24H17ClF3N3O2. The largest absolute Gasteiger partial charge is 0.573 e. The van der Waals surface area contributed by atoms with Gasteiger partial charge in [-0.2, -0.15) is 0 Å². The summed E-state index contributed by atoms with van der Waals surface area (Å²) in [6, 6.07) is 19.9. The van der Waals surface area contributed by atoms with E-state index in [1.807, 2.05) is 12.1 Å². The predicted octanol–water partition coefficient (Wildman–Crippen LogP) is 6.02.